The SMILES string of the molecule is CC(Nc1ccc(NC(N)=O)cc1)c1c(F)cccc1F. The summed E-state index contributed by atoms with van der Waals surface area (Å²) in [5, 5.41) is 5.42. The number of urea groups is 1. The van der Waals surface area contributed by atoms with Crippen molar-refractivity contribution in [3.8, 4) is 0 Å². The van der Waals surface area contributed by atoms with E-state index in [2.05, 4.69) is 10.6 Å². The number of hydrogen-bond acceptors (Lipinski definition) is 2. The number of hydrogen-bond donors (Lipinski definition) is 3. The summed E-state index contributed by atoms with van der Waals surface area (Å²) in [5.41, 5.74) is 6.19. The molecule has 0 saturated heterocycles. The van der Waals surface area contributed by atoms with Gasteiger partial charge in [-0.3, -0.25) is 0 Å². The number of carbonyl (C=O) groups excluding carboxylic acids is 1. The molecule has 21 heavy (non-hydrogen) atoms. The zero-order valence-electron chi connectivity index (χ0n) is 11.4. The second kappa shape index (κ2) is 6.21. The molecule has 0 aliphatic heterocycles. The van der Waals surface area contributed by atoms with Gasteiger partial charge in [0, 0.05) is 16.9 Å². The third kappa shape index (κ3) is 3.68. The molecule has 0 radical (unpaired) electrons. The molecule has 1 unspecified atom stereocenters. The number of amides is 2. The smallest absolute Gasteiger partial charge is 0.316 e. The molecular weight excluding hydrogens is 276 g/mol. The maximum absolute atomic E-state index is 13.7. The number of nitrogens with two attached hydrogens (primary N) is 1. The maximum Gasteiger partial charge on any atom is 0.316 e. The van der Waals surface area contributed by atoms with Gasteiger partial charge in [0.25, 0.3) is 0 Å². The molecule has 2 rings (SSSR count). The Kier molecular flexibility index (Phi) is 4.37. The lowest BCUT2D eigenvalue weighted by atomic mass is 10.1. The Morgan fingerprint density at radius 2 is 1.57 bits per heavy atom. The summed E-state index contributed by atoms with van der Waals surface area (Å²) in [6.45, 7) is 1.66. The molecule has 0 bridgehead atoms. The van der Waals surface area contributed by atoms with Crippen LogP contribution in [0.1, 0.15) is 18.5 Å². The van der Waals surface area contributed by atoms with Gasteiger partial charge >= 0.3 is 6.03 Å². The van der Waals surface area contributed by atoms with E-state index in [-0.39, 0.29) is 5.56 Å². The predicted octanol–water partition coefficient (Wildman–Crippen LogP) is 3.63. The number of primary amides is 1. The van der Waals surface area contributed by atoms with Crippen molar-refractivity contribution >= 4 is 17.4 Å². The number of carbonyl (C=O) groups is 1. The molecule has 6 heteroatoms. The number of rotatable bonds is 4. The van der Waals surface area contributed by atoms with Crippen molar-refractivity contribution in [2.45, 2.75) is 13.0 Å². The van der Waals surface area contributed by atoms with Crippen LogP contribution < -0.4 is 16.4 Å². The van der Waals surface area contributed by atoms with Crippen molar-refractivity contribution in [2.24, 2.45) is 5.73 Å². The fourth-order valence-corrected chi connectivity index (χ4v) is 2.04. The van der Waals surface area contributed by atoms with Crippen molar-refractivity contribution in [1.82, 2.24) is 0 Å². The van der Waals surface area contributed by atoms with Gasteiger partial charge in [-0.15, -0.1) is 0 Å². The average Bonchev–Trinajstić information content (AvgIpc) is 2.40. The van der Waals surface area contributed by atoms with E-state index in [4.69, 9.17) is 5.73 Å². The lowest BCUT2D eigenvalue weighted by Crippen LogP contribution is -2.19. The van der Waals surface area contributed by atoms with Crippen molar-refractivity contribution in [2.75, 3.05) is 10.6 Å². The highest BCUT2D eigenvalue weighted by molar-refractivity contribution is 5.87. The molecule has 2 aromatic rings. The standard InChI is InChI=1S/C15H15F2N3O/c1-9(14-12(16)3-2-4-13(14)17)19-10-5-7-11(8-6-10)20-15(18)21/h2-9,19H,1H3,(H3,18,20,21). The van der Waals surface area contributed by atoms with Crippen molar-refractivity contribution in [3.63, 3.8) is 0 Å². The molecular formula is C15H15F2N3O. The summed E-state index contributed by atoms with van der Waals surface area (Å²) in [6, 6.07) is 9.20. The van der Waals surface area contributed by atoms with Crippen LogP contribution in [0.3, 0.4) is 0 Å². The zero-order valence-corrected chi connectivity index (χ0v) is 11.4. The van der Waals surface area contributed by atoms with E-state index in [1.165, 1.54) is 18.2 Å². The fourth-order valence-electron chi connectivity index (χ4n) is 2.04. The molecule has 0 heterocycles. The van der Waals surface area contributed by atoms with Gasteiger partial charge in [0.2, 0.25) is 0 Å². The molecule has 0 fully saturated rings. The topological polar surface area (TPSA) is 67.2 Å². The normalized spacial score (nSPS) is 11.8. The minimum absolute atomic E-state index is 0.0168. The van der Waals surface area contributed by atoms with Crippen molar-refractivity contribution in [1.29, 1.82) is 0 Å². The maximum atomic E-state index is 13.7. The second-order valence-corrected chi connectivity index (χ2v) is 4.57. The first kappa shape index (κ1) is 14.8. The van der Waals surface area contributed by atoms with Gasteiger partial charge in [0.15, 0.2) is 0 Å². The van der Waals surface area contributed by atoms with Crippen LogP contribution >= 0.6 is 0 Å². The monoisotopic (exact) mass is 291 g/mol. The summed E-state index contributed by atoms with van der Waals surface area (Å²) >= 11 is 0. The van der Waals surface area contributed by atoms with Crippen LogP contribution in [0.2, 0.25) is 0 Å². The Hall–Kier alpha value is -2.63. The lowest BCUT2D eigenvalue weighted by Gasteiger charge is -2.17. The Labute approximate surface area is 121 Å². The summed E-state index contributed by atoms with van der Waals surface area (Å²) in [7, 11) is 0. The van der Waals surface area contributed by atoms with Crippen LogP contribution in [0.5, 0.6) is 0 Å². The van der Waals surface area contributed by atoms with Gasteiger partial charge in [0.1, 0.15) is 11.6 Å². The number of nitrogens with one attached hydrogen (secondary N) is 2. The van der Waals surface area contributed by atoms with E-state index < -0.39 is 23.7 Å². The van der Waals surface area contributed by atoms with E-state index in [1.807, 2.05) is 0 Å². The summed E-state index contributed by atoms with van der Waals surface area (Å²) in [5.74, 6) is -1.19. The molecule has 110 valence electrons. The molecule has 4 nitrogen and oxygen atoms in total. The van der Waals surface area contributed by atoms with Crippen molar-refractivity contribution in [3.05, 3.63) is 59.7 Å². The van der Waals surface area contributed by atoms with Crippen LogP contribution in [0.25, 0.3) is 0 Å². The van der Waals surface area contributed by atoms with Crippen LogP contribution in [0.15, 0.2) is 42.5 Å². The molecule has 4 N–H and O–H groups in total. The van der Waals surface area contributed by atoms with Gasteiger partial charge in [-0.25, -0.2) is 13.6 Å². The lowest BCUT2D eigenvalue weighted by molar-refractivity contribution is 0.259. The summed E-state index contributed by atoms with van der Waals surface area (Å²) in [6.07, 6.45) is 0. The quantitative estimate of drug-likeness (QED) is 0.805. The van der Waals surface area contributed by atoms with Crippen LogP contribution in [0.4, 0.5) is 25.0 Å². The van der Waals surface area contributed by atoms with Gasteiger partial charge in [-0.05, 0) is 43.3 Å². The largest absolute Gasteiger partial charge is 0.378 e. The fraction of sp³-hybridized carbons (Fsp3) is 0.133. The van der Waals surface area contributed by atoms with Crippen LogP contribution in [-0.4, -0.2) is 6.03 Å². The molecule has 2 aromatic carbocycles. The second-order valence-electron chi connectivity index (χ2n) is 4.57. The third-order valence-corrected chi connectivity index (χ3v) is 2.97. The van der Waals surface area contributed by atoms with Gasteiger partial charge < -0.3 is 16.4 Å². The Morgan fingerprint density at radius 1 is 1.05 bits per heavy atom. The first-order valence-corrected chi connectivity index (χ1v) is 6.34. The molecule has 0 saturated carbocycles. The van der Waals surface area contributed by atoms with Crippen LogP contribution in [0, 0.1) is 11.6 Å². The molecule has 0 aliphatic rings. The van der Waals surface area contributed by atoms with E-state index >= 15 is 0 Å². The first-order chi connectivity index (χ1) is 9.97. The van der Waals surface area contributed by atoms with E-state index in [0.717, 1.165) is 0 Å². The Morgan fingerprint density at radius 3 is 2.10 bits per heavy atom. The van der Waals surface area contributed by atoms with Crippen LogP contribution in [-0.2, 0) is 0 Å². The van der Waals surface area contributed by atoms with Gasteiger partial charge in [-0.1, -0.05) is 6.07 Å². The molecule has 1 atom stereocenters. The van der Waals surface area contributed by atoms with Gasteiger partial charge in [-0.2, -0.15) is 0 Å². The molecule has 2 amide bonds. The molecule has 0 spiro atoms. The number of halogens is 2. The highest BCUT2D eigenvalue weighted by atomic mass is 19.1. The van der Waals surface area contributed by atoms with Crippen molar-refractivity contribution < 1.29 is 13.6 Å². The third-order valence-electron chi connectivity index (χ3n) is 2.97. The minimum atomic E-state index is -0.655. The highest BCUT2D eigenvalue weighted by Crippen LogP contribution is 2.25. The molecule has 0 aliphatic carbocycles. The zero-order chi connectivity index (χ0) is 15.4. The average molecular weight is 291 g/mol. The van der Waals surface area contributed by atoms with E-state index in [9.17, 15) is 13.6 Å². The number of benzene rings is 2. The Bertz CT molecular complexity index is 624. The first-order valence-electron chi connectivity index (χ1n) is 6.34. The van der Waals surface area contributed by atoms with E-state index in [0.29, 0.717) is 11.4 Å². The van der Waals surface area contributed by atoms with Gasteiger partial charge in [0.05, 0.1) is 6.04 Å². The number of anilines is 2. The van der Waals surface area contributed by atoms with E-state index in [1.54, 1.807) is 31.2 Å². The Balaban J connectivity index is 2.12. The summed E-state index contributed by atoms with van der Waals surface area (Å²) in [4.78, 5) is 10.7. The predicted molar refractivity (Wildman–Crippen MR) is 78.0 cm³/mol. The minimum Gasteiger partial charge on any atom is -0.378 e. The molecule has 0 aromatic heterocycles. The summed E-state index contributed by atoms with van der Waals surface area (Å²) < 4.78 is 27.3. The highest BCUT2D eigenvalue weighted by Gasteiger charge is 2.15.